The van der Waals surface area contributed by atoms with Crippen LogP contribution in [0.1, 0.15) is 17.5 Å². The summed E-state index contributed by atoms with van der Waals surface area (Å²) in [6.07, 6.45) is -4.11. The standard InChI is InChI=1S/C16H14F3N3O3/c17-16(18,19)12-7-8-13(14(10-12)22(24)25)20-21-15(23)9-6-11-4-2-1-3-5-11/h1-5,7-8,10,20H,6,9H2,(H,21,23). The van der Waals surface area contributed by atoms with Crippen molar-refractivity contribution in [2.24, 2.45) is 0 Å². The fourth-order valence-electron chi connectivity index (χ4n) is 2.07. The smallest absolute Gasteiger partial charge is 0.292 e. The second kappa shape index (κ2) is 7.65. The van der Waals surface area contributed by atoms with Crippen LogP contribution in [-0.2, 0) is 17.4 Å². The highest BCUT2D eigenvalue weighted by Gasteiger charge is 2.33. The van der Waals surface area contributed by atoms with Crippen molar-refractivity contribution in [2.45, 2.75) is 19.0 Å². The number of halogens is 3. The topological polar surface area (TPSA) is 84.3 Å². The van der Waals surface area contributed by atoms with Crippen molar-refractivity contribution in [3.8, 4) is 0 Å². The van der Waals surface area contributed by atoms with Gasteiger partial charge in [0.05, 0.1) is 10.5 Å². The van der Waals surface area contributed by atoms with Crippen LogP contribution in [0, 0.1) is 10.1 Å². The first-order valence-electron chi connectivity index (χ1n) is 7.22. The van der Waals surface area contributed by atoms with Crippen molar-refractivity contribution in [2.75, 3.05) is 5.43 Å². The summed E-state index contributed by atoms with van der Waals surface area (Å²) in [6, 6.07) is 11.2. The number of benzene rings is 2. The summed E-state index contributed by atoms with van der Waals surface area (Å²) in [5.74, 6) is -0.446. The van der Waals surface area contributed by atoms with E-state index in [9.17, 15) is 28.1 Å². The van der Waals surface area contributed by atoms with Crippen LogP contribution < -0.4 is 10.9 Å². The van der Waals surface area contributed by atoms with Gasteiger partial charge in [0.15, 0.2) is 0 Å². The largest absolute Gasteiger partial charge is 0.416 e. The van der Waals surface area contributed by atoms with Crippen molar-refractivity contribution in [1.29, 1.82) is 0 Å². The third-order valence-corrected chi connectivity index (χ3v) is 3.34. The van der Waals surface area contributed by atoms with Crippen LogP contribution in [0.5, 0.6) is 0 Å². The molecule has 2 rings (SSSR count). The maximum atomic E-state index is 12.6. The number of carbonyl (C=O) groups is 1. The quantitative estimate of drug-likeness (QED) is 0.613. The van der Waals surface area contributed by atoms with Crippen molar-refractivity contribution in [3.05, 3.63) is 69.8 Å². The summed E-state index contributed by atoms with van der Waals surface area (Å²) in [5.41, 5.74) is 3.34. The minimum Gasteiger partial charge on any atom is -0.292 e. The van der Waals surface area contributed by atoms with E-state index in [1.54, 1.807) is 0 Å². The molecule has 0 heterocycles. The Morgan fingerprint density at radius 3 is 2.40 bits per heavy atom. The number of amides is 1. The molecule has 1 amide bonds. The van der Waals surface area contributed by atoms with Gasteiger partial charge < -0.3 is 0 Å². The predicted octanol–water partition coefficient (Wildman–Crippen LogP) is 3.69. The summed E-state index contributed by atoms with van der Waals surface area (Å²) in [5, 5.41) is 10.9. The Balaban J connectivity index is 1.99. The fraction of sp³-hybridized carbons (Fsp3) is 0.188. The Morgan fingerprint density at radius 2 is 1.80 bits per heavy atom. The Bertz CT molecular complexity index is 764. The SMILES string of the molecule is O=C(CCc1ccccc1)NNc1ccc(C(F)(F)F)cc1[N+](=O)[O-]. The average Bonchev–Trinajstić information content (AvgIpc) is 2.58. The van der Waals surface area contributed by atoms with E-state index in [0.29, 0.717) is 18.6 Å². The molecule has 0 saturated heterocycles. The Kier molecular flexibility index (Phi) is 5.58. The normalized spacial score (nSPS) is 11.0. The van der Waals surface area contributed by atoms with Crippen molar-refractivity contribution >= 4 is 17.3 Å². The maximum absolute atomic E-state index is 12.6. The monoisotopic (exact) mass is 353 g/mol. The molecule has 0 radical (unpaired) electrons. The second-order valence-corrected chi connectivity index (χ2v) is 5.15. The van der Waals surface area contributed by atoms with Gasteiger partial charge in [-0.3, -0.25) is 25.8 Å². The van der Waals surface area contributed by atoms with Crippen LogP contribution in [0.15, 0.2) is 48.5 Å². The summed E-state index contributed by atoms with van der Waals surface area (Å²) in [4.78, 5) is 21.8. The number of hydrogen-bond donors (Lipinski definition) is 2. The molecule has 9 heteroatoms. The molecule has 0 atom stereocenters. The number of rotatable bonds is 6. The Hall–Kier alpha value is -3.10. The highest BCUT2D eigenvalue weighted by Crippen LogP contribution is 2.34. The van der Waals surface area contributed by atoms with Crippen LogP contribution >= 0.6 is 0 Å². The van der Waals surface area contributed by atoms with E-state index in [1.165, 1.54) is 0 Å². The molecule has 25 heavy (non-hydrogen) atoms. The molecule has 0 aliphatic rings. The number of nitrogens with one attached hydrogen (secondary N) is 2. The number of hydrogen-bond acceptors (Lipinski definition) is 4. The van der Waals surface area contributed by atoms with E-state index < -0.39 is 28.3 Å². The van der Waals surface area contributed by atoms with Gasteiger partial charge in [0.2, 0.25) is 5.91 Å². The van der Waals surface area contributed by atoms with E-state index >= 15 is 0 Å². The van der Waals surface area contributed by atoms with E-state index in [0.717, 1.165) is 11.6 Å². The van der Waals surface area contributed by atoms with Crippen LogP contribution in [0.3, 0.4) is 0 Å². The number of nitrogens with zero attached hydrogens (tertiary/aromatic N) is 1. The van der Waals surface area contributed by atoms with Crippen molar-refractivity contribution in [3.63, 3.8) is 0 Å². The van der Waals surface area contributed by atoms with Crippen LogP contribution in [0.25, 0.3) is 0 Å². The van der Waals surface area contributed by atoms with E-state index in [-0.39, 0.29) is 12.1 Å². The number of alkyl halides is 3. The molecule has 2 aromatic carbocycles. The van der Waals surface area contributed by atoms with E-state index in [2.05, 4.69) is 10.9 Å². The summed E-state index contributed by atoms with van der Waals surface area (Å²) in [7, 11) is 0. The first kappa shape index (κ1) is 18.2. The van der Waals surface area contributed by atoms with Gasteiger partial charge in [0.25, 0.3) is 5.69 Å². The Labute approximate surface area is 140 Å². The molecular weight excluding hydrogens is 339 g/mol. The van der Waals surface area contributed by atoms with Gasteiger partial charge in [-0.2, -0.15) is 13.2 Å². The Morgan fingerprint density at radius 1 is 1.12 bits per heavy atom. The molecule has 0 aliphatic heterocycles. The number of aryl methyl sites for hydroxylation is 1. The zero-order valence-electron chi connectivity index (χ0n) is 12.8. The lowest BCUT2D eigenvalue weighted by atomic mass is 10.1. The van der Waals surface area contributed by atoms with Crippen LogP contribution in [0.4, 0.5) is 24.5 Å². The zero-order chi connectivity index (χ0) is 18.4. The van der Waals surface area contributed by atoms with Gasteiger partial charge >= 0.3 is 6.18 Å². The molecule has 132 valence electrons. The molecule has 0 aliphatic carbocycles. The number of hydrazine groups is 1. The average molecular weight is 353 g/mol. The first-order valence-corrected chi connectivity index (χ1v) is 7.22. The molecule has 0 aromatic heterocycles. The van der Waals surface area contributed by atoms with Crippen LogP contribution in [0.2, 0.25) is 0 Å². The third kappa shape index (κ3) is 5.20. The molecule has 0 spiro atoms. The second-order valence-electron chi connectivity index (χ2n) is 5.15. The lowest BCUT2D eigenvalue weighted by molar-refractivity contribution is -0.384. The highest BCUT2D eigenvalue weighted by molar-refractivity contribution is 5.78. The fourth-order valence-corrected chi connectivity index (χ4v) is 2.07. The summed E-state index contributed by atoms with van der Waals surface area (Å²) >= 11 is 0. The first-order chi connectivity index (χ1) is 11.8. The van der Waals surface area contributed by atoms with Crippen molar-refractivity contribution in [1.82, 2.24) is 5.43 Å². The third-order valence-electron chi connectivity index (χ3n) is 3.34. The molecule has 0 unspecified atom stereocenters. The van der Waals surface area contributed by atoms with E-state index in [1.807, 2.05) is 30.3 Å². The molecule has 2 aromatic rings. The number of carbonyl (C=O) groups excluding carboxylic acids is 1. The highest BCUT2D eigenvalue weighted by atomic mass is 19.4. The van der Waals surface area contributed by atoms with Gasteiger partial charge in [0.1, 0.15) is 5.69 Å². The molecule has 6 nitrogen and oxygen atoms in total. The van der Waals surface area contributed by atoms with Gasteiger partial charge in [-0.05, 0) is 24.1 Å². The van der Waals surface area contributed by atoms with Crippen LogP contribution in [-0.4, -0.2) is 10.8 Å². The number of nitro benzene ring substituents is 1. The number of anilines is 1. The lowest BCUT2D eigenvalue weighted by Gasteiger charge is -2.11. The number of nitro groups is 1. The molecule has 0 saturated carbocycles. The lowest BCUT2D eigenvalue weighted by Crippen LogP contribution is -2.29. The molecule has 0 bridgehead atoms. The maximum Gasteiger partial charge on any atom is 0.416 e. The van der Waals surface area contributed by atoms with Gasteiger partial charge in [-0.15, -0.1) is 0 Å². The zero-order valence-corrected chi connectivity index (χ0v) is 12.8. The van der Waals surface area contributed by atoms with Gasteiger partial charge in [0, 0.05) is 12.5 Å². The van der Waals surface area contributed by atoms with Crippen molar-refractivity contribution < 1.29 is 22.9 Å². The summed E-state index contributed by atoms with van der Waals surface area (Å²) in [6.45, 7) is 0. The molecule has 2 N–H and O–H groups in total. The van der Waals surface area contributed by atoms with E-state index in [4.69, 9.17) is 0 Å². The van der Waals surface area contributed by atoms with Gasteiger partial charge in [-0.25, -0.2) is 0 Å². The molecular formula is C16H14F3N3O3. The minimum atomic E-state index is -4.69. The predicted molar refractivity (Wildman–Crippen MR) is 84.6 cm³/mol. The minimum absolute atomic E-state index is 0.117. The summed E-state index contributed by atoms with van der Waals surface area (Å²) < 4.78 is 37.9. The molecule has 0 fully saturated rings. The van der Waals surface area contributed by atoms with Gasteiger partial charge in [-0.1, -0.05) is 30.3 Å².